The molecule has 1 aromatic heterocycles. The molecule has 1 aliphatic rings. The van der Waals surface area contributed by atoms with E-state index in [-0.39, 0.29) is 22.1 Å². The van der Waals surface area contributed by atoms with Crippen LogP contribution in [0.25, 0.3) is 0 Å². The molecule has 2 rings (SSSR count). The van der Waals surface area contributed by atoms with Crippen molar-refractivity contribution in [2.75, 3.05) is 11.9 Å². The van der Waals surface area contributed by atoms with Crippen molar-refractivity contribution in [3.05, 3.63) is 17.3 Å². The Kier molecular flexibility index (Phi) is 5.43. The summed E-state index contributed by atoms with van der Waals surface area (Å²) in [5, 5.41) is 12.7. The minimum Gasteiger partial charge on any atom is -0.393 e. The van der Waals surface area contributed by atoms with Crippen molar-refractivity contribution in [2.45, 2.75) is 49.6 Å². The van der Waals surface area contributed by atoms with Gasteiger partial charge in [0.25, 0.3) is 0 Å². The maximum atomic E-state index is 12.3. The van der Waals surface area contributed by atoms with Gasteiger partial charge in [0.05, 0.1) is 11.1 Å². The number of anilines is 1. The number of aliphatic hydroxyl groups excluding tert-OH is 1. The van der Waals surface area contributed by atoms with Crippen LogP contribution >= 0.6 is 11.6 Å². The van der Waals surface area contributed by atoms with Crippen LogP contribution in [0, 0.1) is 0 Å². The summed E-state index contributed by atoms with van der Waals surface area (Å²) in [6.07, 6.45) is 3.48. The highest BCUT2D eigenvalue weighted by molar-refractivity contribution is 7.89. The first kappa shape index (κ1) is 16.5. The molecule has 0 atom stereocenters. The van der Waals surface area contributed by atoms with Crippen LogP contribution in [0.15, 0.2) is 17.2 Å². The van der Waals surface area contributed by atoms with Crippen LogP contribution in [0.2, 0.25) is 5.02 Å². The van der Waals surface area contributed by atoms with Crippen molar-refractivity contribution in [3.8, 4) is 0 Å². The van der Waals surface area contributed by atoms with Gasteiger partial charge in [-0.25, -0.2) is 18.1 Å². The fourth-order valence-corrected chi connectivity index (χ4v) is 3.92. The largest absolute Gasteiger partial charge is 0.393 e. The van der Waals surface area contributed by atoms with Gasteiger partial charge in [-0.05, 0) is 38.7 Å². The van der Waals surface area contributed by atoms with Gasteiger partial charge in [-0.2, -0.15) is 0 Å². The lowest BCUT2D eigenvalue weighted by Gasteiger charge is -2.25. The van der Waals surface area contributed by atoms with E-state index < -0.39 is 10.0 Å². The molecule has 0 bridgehead atoms. The lowest BCUT2D eigenvalue weighted by molar-refractivity contribution is 0.120. The molecular weight excluding hydrogens is 314 g/mol. The predicted molar refractivity (Wildman–Crippen MR) is 82.0 cm³/mol. The van der Waals surface area contributed by atoms with E-state index >= 15 is 0 Å². The normalized spacial score (nSPS) is 23.0. The minimum absolute atomic E-state index is 0.0558. The fourth-order valence-electron chi connectivity index (χ4n) is 2.35. The Labute approximate surface area is 130 Å². The first-order valence-corrected chi connectivity index (χ1v) is 8.88. The van der Waals surface area contributed by atoms with Crippen LogP contribution in [0.1, 0.15) is 32.6 Å². The second-order valence-corrected chi connectivity index (χ2v) is 7.28. The third-order valence-corrected chi connectivity index (χ3v) is 5.26. The van der Waals surface area contributed by atoms with E-state index in [0.29, 0.717) is 38.0 Å². The maximum Gasteiger partial charge on any atom is 0.242 e. The van der Waals surface area contributed by atoms with Crippen molar-refractivity contribution >= 4 is 27.4 Å². The topological polar surface area (TPSA) is 91.3 Å². The summed E-state index contributed by atoms with van der Waals surface area (Å²) in [6.45, 7) is 2.56. The summed E-state index contributed by atoms with van der Waals surface area (Å²) < 4.78 is 27.3. The van der Waals surface area contributed by atoms with Crippen LogP contribution in [-0.2, 0) is 10.0 Å². The van der Waals surface area contributed by atoms with Gasteiger partial charge in [0.15, 0.2) is 0 Å². The molecule has 118 valence electrons. The Balaban J connectivity index is 2.10. The Morgan fingerprint density at radius 2 is 2.05 bits per heavy atom. The van der Waals surface area contributed by atoms with Crippen LogP contribution in [-0.4, -0.2) is 37.2 Å². The molecule has 1 heterocycles. The number of hydrogen-bond acceptors (Lipinski definition) is 5. The van der Waals surface area contributed by atoms with E-state index in [9.17, 15) is 13.5 Å². The van der Waals surface area contributed by atoms with Gasteiger partial charge in [0, 0.05) is 18.8 Å². The standard InChI is InChI=1S/C13H20ClN3O3S/c1-2-15-13-12(14)7-11(8-16-13)21(19,20)17-9-3-5-10(18)6-4-9/h7-10,17-18H,2-6H2,1H3,(H,15,16). The van der Waals surface area contributed by atoms with E-state index in [1.54, 1.807) is 0 Å². The molecule has 0 unspecified atom stereocenters. The zero-order chi connectivity index (χ0) is 15.5. The van der Waals surface area contributed by atoms with Crippen LogP contribution in [0.5, 0.6) is 0 Å². The molecule has 21 heavy (non-hydrogen) atoms. The van der Waals surface area contributed by atoms with Gasteiger partial charge in [-0.1, -0.05) is 11.6 Å². The van der Waals surface area contributed by atoms with Crippen molar-refractivity contribution in [3.63, 3.8) is 0 Å². The average molecular weight is 334 g/mol. The van der Waals surface area contributed by atoms with E-state index in [2.05, 4.69) is 15.0 Å². The number of nitrogens with zero attached hydrogens (tertiary/aromatic N) is 1. The van der Waals surface area contributed by atoms with Crippen LogP contribution in [0.4, 0.5) is 5.82 Å². The highest BCUT2D eigenvalue weighted by Gasteiger charge is 2.25. The smallest absolute Gasteiger partial charge is 0.242 e. The van der Waals surface area contributed by atoms with Gasteiger partial charge in [0.1, 0.15) is 10.7 Å². The SMILES string of the molecule is CCNc1ncc(S(=O)(=O)NC2CCC(O)CC2)cc1Cl. The van der Waals surface area contributed by atoms with Gasteiger partial charge in [-0.15, -0.1) is 0 Å². The number of pyridine rings is 1. The summed E-state index contributed by atoms with van der Waals surface area (Å²) in [6, 6.07) is 1.25. The Bertz CT molecular complexity index is 586. The Hall–Kier alpha value is -0.890. The van der Waals surface area contributed by atoms with Crippen LogP contribution < -0.4 is 10.0 Å². The summed E-state index contributed by atoms with van der Waals surface area (Å²) in [4.78, 5) is 4.09. The molecule has 1 aliphatic carbocycles. The molecule has 0 radical (unpaired) electrons. The third kappa shape index (κ3) is 4.29. The van der Waals surface area contributed by atoms with Crippen molar-refractivity contribution in [2.24, 2.45) is 0 Å². The number of aliphatic hydroxyl groups is 1. The number of halogens is 1. The molecule has 0 spiro atoms. The van der Waals surface area contributed by atoms with Gasteiger partial charge < -0.3 is 10.4 Å². The van der Waals surface area contributed by atoms with E-state index in [1.165, 1.54) is 12.3 Å². The molecule has 0 aliphatic heterocycles. The number of aromatic nitrogens is 1. The highest BCUT2D eigenvalue weighted by Crippen LogP contribution is 2.24. The average Bonchev–Trinajstić information content (AvgIpc) is 2.43. The fraction of sp³-hybridized carbons (Fsp3) is 0.615. The van der Waals surface area contributed by atoms with Crippen LogP contribution in [0.3, 0.4) is 0 Å². The summed E-state index contributed by atoms with van der Waals surface area (Å²) in [5.74, 6) is 0.471. The van der Waals surface area contributed by atoms with Gasteiger partial charge in [0.2, 0.25) is 10.0 Å². The predicted octanol–water partition coefficient (Wildman–Crippen LogP) is 1.75. The monoisotopic (exact) mass is 333 g/mol. The molecule has 8 heteroatoms. The molecule has 0 amide bonds. The van der Waals surface area contributed by atoms with Crippen molar-refractivity contribution in [1.82, 2.24) is 9.71 Å². The Morgan fingerprint density at radius 3 is 2.62 bits per heavy atom. The van der Waals surface area contributed by atoms with Crippen molar-refractivity contribution in [1.29, 1.82) is 0 Å². The first-order valence-electron chi connectivity index (χ1n) is 7.02. The molecule has 0 aromatic carbocycles. The molecule has 1 fully saturated rings. The molecule has 3 N–H and O–H groups in total. The number of nitrogens with one attached hydrogen (secondary N) is 2. The lowest BCUT2D eigenvalue weighted by Crippen LogP contribution is -2.38. The quantitative estimate of drug-likeness (QED) is 0.763. The lowest BCUT2D eigenvalue weighted by atomic mass is 9.94. The molecular formula is C13H20ClN3O3S. The second kappa shape index (κ2) is 6.91. The summed E-state index contributed by atoms with van der Waals surface area (Å²) in [7, 11) is -3.64. The second-order valence-electron chi connectivity index (χ2n) is 5.16. The highest BCUT2D eigenvalue weighted by atomic mass is 35.5. The Morgan fingerprint density at radius 1 is 1.38 bits per heavy atom. The van der Waals surface area contributed by atoms with E-state index in [1.807, 2.05) is 6.92 Å². The molecule has 6 nitrogen and oxygen atoms in total. The molecule has 1 aromatic rings. The zero-order valence-electron chi connectivity index (χ0n) is 11.8. The van der Waals surface area contributed by atoms with Gasteiger partial charge >= 0.3 is 0 Å². The third-order valence-electron chi connectivity index (χ3n) is 3.49. The molecule has 0 saturated heterocycles. The number of rotatable bonds is 5. The van der Waals surface area contributed by atoms with E-state index in [4.69, 9.17) is 11.6 Å². The zero-order valence-corrected chi connectivity index (χ0v) is 13.4. The first-order chi connectivity index (χ1) is 9.92. The summed E-state index contributed by atoms with van der Waals surface area (Å²) in [5.41, 5.74) is 0. The number of hydrogen-bond donors (Lipinski definition) is 3. The minimum atomic E-state index is -3.64. The molecule has 1 saturated carbocycles. The van der Waals surface area contributed by atoms with E-state index in [0.717, 1.165) is 0 Å². The number of sulfonamides is 1. The summed E-state index contributed by atoms with van der Waals surface area (Å²) >= 11 is 6.03. The maximum absolute atomic E-state index is 12.3. The van der Waals surface area contributed by atoms with Gasteiger partial charge in [-0.3, -0.25) is 0 Å². The van der Waals surface area contributed by atoms with Crippen molar-refractivity contribution < 1.29 is 13.5 Å².